The molecule has 25 heavy (non-hydrogen) atoms. The molecule has 2 amide bonds. The second kappa shape index (κ2) is 9.29. The highest BCUT2D eigenvalue weighted by Crippen LogP contribution is 2.12. The minimum atomic E-state index is -0.417. The molecule has 0 unspecified atom stereocenters. The summed E-state index contributed by atoms with van der Waals surface area (Å²) < 4.78 is 0.806. The number of hydrogen-bond acceptors (Lipinski definition) is 3. The van der Waals surface area contributed by atoms with Crippen molar-refractivity contribution in [1.29, 1.82) is 0 Å². The Morgan fingerprint density at radius 3 is 2.48 bits per heavy atom. The van der Waals surface area contributed by atoms with Crippen molar-refractivity contribution in [2.45, 2.75) is 13.0 Å². The Labute approximate surface area is 160 Å². The van der Waals surface area contributed by atoms with Gasteiger partial charge in [-0.1, -0.05) is 52.3 Å². The summed E-state index contributed by atoms with van der Waals surface area (Å²) in [5, 5.41) is 2.97. The van der Waals surface area contributed by atoms with E-state index in [0.29, 0.717) is 18.7 Å². The maximum absolute atomic E-state index is 12.4. The first-order chi connectivity index (χ1) is 12.0. The van der Waals surface area contributed by atoms with Crippen LogP contribution in [-0.4, -0.2) is 28.4 Å². The molecule has 0 radical (unpaired) electrons. The summed E-state index contributed by atoms with van der Waals surface area (Å²) in [6.45, 7) is 0.813. The Morgan fingerprint density at radius 2 is 1.84 bits per heavy atom. The molecule has 0 aliphatic carbocycles. The number of thiocarbonyl (C=S) groups is 1. The number of benzene rings is 2. The highest BCUT2D eigenvalue weighted by atomic mass is 79.9. The van der Waals surface area contributed by atoms with Crippen molar-refractivity contribution in [2.75, 3.05) is 6.54 Å². The van der Waals surface area contributed by atoms with E-state index in [1.165, 1.54) is 0 Å². The van der Waals surface area contributed by atoms with Gasteiger partial charge in [-0.25, -0.2) is 0 Å². The molecule has 2 aromatic carbocycles. The molecule has 7 heteroatoms. The third-order valence-electron chi connectivity index (χ3n) is 3.44. The smallest absolute Gasteiger partial charge is 0.257 e. The van der Waals surface area contributed by atoms with E-state index in [2.05, 4.69) is 21.2 Å². The molecular formula is C18H18BrN3O2S. The SMILES string of the molecule is NC(=O)CCN(Cc1ccccc1)C(=S)NC(=O)c1cccc(Br)c1. The zero-order valence-corrected chi connectivity index (χ0v) is 15.8. The summed E-state index contributed by atoms with van der Waals surface area (Å²) in [5.41, 5.74) is 6.75. The molecule has 130 valence electrons. The van der Waals surface area contributed by atoms with Crippen molar-refractivity contribution in [2.24, 2.45) is 5.73 Å². The number of amides is 2. The number of carbonyl (C=O) groups excluding carboxylic acids is 2. The van der Waals surface area contributed by atoms with Crippen molar-refractivity contribution < 1.29 is 9.59 Å². The van der Waals surface area contributed by atoms with Crippen molar-refractivity contribution in [3.05, 3.63) is 70.2 Å². The Bertz CT molecular complexity index is 768. The van der Waals surface area contributed by atoms with E-state index in [1.807, 2.05) is 36.4 Å². The van der Waals surface area contributed by atoms with Gasteiger partial charge in [-0.3, -0.25) is 14.9 Å². The van der Waals surface area contributed by atoms with Gasteiger partial charge in [0.25, 0.3) is 5.91 Å². The molecule has 0 spiro atoms. The number of rotatable bonds is 6. The van der Waals surface area contributed by atoms with Gasteiger partial charge in [0.2, 0.25) is 5.91 Å². The minimum absolute atomic E-state index is 0.153. The number of halogens is 1. The van der Waals surface area contributed by atoms with Gasteiger partial charge in [0, 0.05) is 29.5 Å². The van der Waals surface area contributed by atoms with Crippen molar-refractivity contribution >= 4 is 45.1 Å². The first-order valence-electron chi connectivity index (χ1n) is 7.64. The fourth-order valence-electron chi connectivity index (χ4n) is 2.18. The summed E-state index contributed by atoms with van der Waals surface area (Å²) >= 11 is 8.70. The highest BCUT2D eigenvalue weighted by molar-refractivity contribution is 9.10. The van der Waals surface area contributed by atoms with E-state index in [9.17, 15) is 9.59 Å². The van der Waals surface area contributed by atoms with Crippen LogP contribution in [0.2, 0.25) is 0 Å². The number of nitrogens with zero attached hydrogens (tertiary/aromatic N) is 1. The van der Waals surface area contributed by atoms with Crippen LogP contribution in [0.4, 0.5) is 0 Å². The van der Waals surface area contributed by atoms with E-state index in [1.54, 1.807) is 23.1 Å². The summed E-state index contributed by atoms with van der Waals surface area (Å²) in [6.07, 6.45) is 0.153. The van der Waals surface area contributed by atoms with E-state index in [-0.39, 0.29) is 17.4 Å². The fraction of sp³-hybridized carbons (Fsp3) is 0.167. The Balaban J connectivity index is 2.08. The Hall–Kier alpha value is -2.25. The van der Waals surface area contributed by atoms with Crippen LogP contribution in [0.15, 0.2) is 59.1 Å². The number of nitrogens with two attached hydrogens (primary N) is 1. The van der Waals surface area contributed by atoms with E-state index in [0.717, 1.165) is 10.0 Å². The maximum Gasteiger partial charge on any atom is 0.257 e. The molecule has 0 atom stereocenters. The maximum atomic E-state index is 12.4. The molecule has 0 aromatic heterocycles. The summed E-state index contributed by atoms with van der Waals surface area (Å²) in [6, 6.07) is 16.7. The molecule has 3 N–H and O–H groups in total. The quantitative estimate of drug-likeness (QED) is 0.705. The standard InChI is InChI=1S/C18H18BrN3O2S/c19-15-8-4-7-14(11-15)17(24)21-18(25)22(10-9-16(20)23)12-13-5-2-1-3-6-13/h1-8,11H,9-10,12H2,(H2,20,23)(H,21,24,25). The predicted octanol–water partition coefficient (Wildman–Crippen LogP) is 2.84. The monoisotopic (exact) mass is 419 g/mol. The molecule has 0 fully saturated rings. The second-order valence-electron chi connectivity index (χ2n) is 5.39. The van der Waals surface area contributed by atoms with Gasteiger partial charge < -0.3 is 10.6 Å². The van der Waals surface area contributed by atoms with Crippen LogP contribution in [0, 0.1) is 0 Å². The molecule has 0 saturated heterocycles. The molecule has 5 nitrogen and oxygen atoms in total. The zero-order chi connectivity index (χ0) is 18.2. The highest BCUT2D eigenvalue weighted by Gasteiger charge is 2.15. The van der Waals surface area contributed by atoms with Crippen molar-refractivity contribution in [3.63, 3.8) is 0 Å². The van der Waals surface area contributed by atoms with Crippen LogP contribution >= 0.6 is 28.1 Å². The van der Waals surface area contributed by atoms with Crippen LogP contribution in [-0.2, 0) is 11.3 Å². The molecule has 0 aliphatic heterocycles. The van der Waals surface area contributed by atoms with Crippen molar-refractivity contribution in [3.8, 4) is 0 Å². The lowest BCUT2D eigenvalue weighted by atomic mass is 10.2. The fourth-order valence-corrected chi connectivity index (χ4v) is 2.83. The van der Waals surface area contributed by atoms with E-state index in [4.69, 9.17) is 18.0 Å². The topological polar surface area (TPSA) is 75.4 Å². The summed E-state index contributed by atoms with van der Waals surface area (Å²) in [4.78, 5) is 25.2. The van der Waals surface area contributed by atoms with Crippen molar-refractivity contribution in [1.82, 2.24) is 10.2 Å². The summed E-state index contributed by atoms with van der Waals surface area (Å²) in [5.74, 6) is -0.720. The molecule has 0 saturated carbocycles. The molecule has 0 bridgehead atoms. The Morgan fingerprint density at radius 1 is 1.12 bits per heavy atom. The molecular weight excluding hydrogens is 402 g/mol. The predicted molar refractivity (Wildman–Crippen MR) is 105 cm³/mol. The van der Waals surface area contributed by atoms with Gasteiger partial charge >= 0.3 is 0 Å². The molecule has 0 heterocycles. The third-order valence-corrected chi connectivity index (χ3v) is 4.29. The first-order valence-corrected chi connectivity index (χ1v) is 8.84. The average Bonchev–Trinajstić information content (AvgIpc) is 2.59. The van der Waals surface area contributed by atoms with Crippen LogP contribution < -0.4 is 11.1 Å². The van der Waals surface area contributed by atoms with E-state index >= 15 is 0 Å². The lowest BCUT2D eigenvalue weighted by Gasteiger charge is -2.25. The van der Waals surface area contributed by atoms with Crippen LogP contribution in [0.1, 0.15) is 22.3 Å². The minimum Gasteiger partial charge on any atom is -0.370 e. The van der Waals surface area contributed by atoms with Gasteiger partial charge in [0.15, 0.2) is 5.11 Å². The van der Waals surface area contributed by atoms with Crippen LogP contribution in [0.5, 0.6) is 0 Å². The first kappa shape index (κ1) is 19.1. The zero-order valence-electron chi connectivity index (χ0n) is 13.4. The molecule has 2 rings (SSSR count). The van der Waals surface area contributed by atoms with E-state index < -0.39 is 5.91 Å². The van der Waals surface area contributed by atoms with Crippen LogP contribution in [0.3, 0.4) is 0 Å². The number of carbonyl (C=O) groups is 2. The third kappa shape index (κ3) is 6.28. The van der Waals surface area contributed by atoms with Crippen LogP contribution in [0.25, 0.3) is 0 Å². The summed E-state index contributed by atoms with van der Waals surface area (Å²) in [7, 11) is 0. The normalized spacial score (nSPS) is 10.1. The average molecular weight is 420 g/mol. The number of hydrogen-bond donors (Lipinski definition) is 2. The largest absolute Gasteiger partial charge is 0.370 e. The van der Waals surface area contributed by atoms with Gasteiger partial charge in [0.1, 0.15) is 0 Å². The number of primary amides is 1. The van der Waals surface area contributed by atoms with Gasteiger partial charge in [-0.05, 0) is 36.0 Å². The Kier molecular flexibility index (Phi) is 7.09. The second-order valence-corrected chi connectivity index (χ2v) is 6.70. The lowest BCUT2D eigenvalue weighted by molar-refractivity contribution is -0.118. The number of nitrogens with one attached hydrogen (secondary N) is 1. The molecule has 0 aliphatic rings. The van der Waals surface area contributed by atoms with Gasteiger partial charge in [-0.15, -0.1) is 0 Å². The molecule has 2 aromatic rings. The van der Waals surface area contributed by atoms with Gasteiger partial charge in [-0.2, -0.15) is 0 Å². The lowest BCUT2D eigenvalue weighted by Crippen LogP contribution is -2.43. The van der Waals surface area contributed by atoms with Gasteiger partial charge in [0.05, 0.1) is 0 Å².